The molecular formula is C17H17NO2. The second-order valence-electron chi connectivity index (χ2n) is 4.96. The van der Waals surface area contributed by atoms with E-state index in [1.54, 1.807) is 0 Å². The summed E-state index contributed by atoms with van der Waals surface area (Å²) in [6, 6.07) is 20.8. The third kappa shape index (κ3) is 2.64. The number of benzene rings is 2. The molecule has 3 heteroatoms. The fraction of sp³-hybridized carbons (Fsp3) is 0.235. The predicted octanol–water partition coefficient (Wildman–Crippen LogP) is 2.33. The monoisotopic (exact) mass is 267 g/mol. The summed E-state index contributed by atoms with van der Waals surface area (Å²) < 4.78 is 5.46. The van der Waals surface area contributed by atoms with E-state index in [1.807, 2.05) is 36.4 Å². The maximum Gasteiger partial charge on any atom is 0.164 e. The molecule has 1 unspecified atom stereocenters. The van der Waals surface area contributed by atoms with Crippen LogP contribution in [-0.2, 0) is 9.53 Å². The standard InChI is InChI=1S/C17H17NO2/c19-11-16-18-15(12-20-16)17(13-7-3-1-4-8-13)14-9-5-2-6-10-14/h1-11,15-18H,12H2/t15-,16?/m0/s1. The summed E-state index contributed by atoms with van der Waals surface area (Å²) in [5, 5.41) is 3.25. The molecule has 1 aliphatic rings. The molecular weight excluding hydrogens is 250 g/mol. The van der Waals surface area contributed by atoms with Gasteiger partial charge in [0.15, 0.2) is 12.5 Å². The number of hydrogen-bond acceptors (Lipinski definition) is 3. The summed E-state index contributed by atoms with van der Waals surface area (Å²) >= 11 is 0. The highest BCUT2D eigenvalue weighted by atomic mass is 16.5. The van der Waals surface area contributed by atoms with Gasteiger partial charge in [0, 0.05) is 12.0 Å². The van der Waals surface area contributed by atoms with Crippen molar-refractivity contribution in [3.05, 3.63) is 71.8 Å². The van der Waals surface area contributed by atoms with Crippen LogP contribution in [0.5, 0.6) is 0 Å². The van der Waals surface area contributed by atoms with Crippen molar-refractivity contribution in [3.8, 4) is 0 Å². The van der Waals surface area contributed by atoms with E-state index >= 15 is 0 Å². The van der Waals surface area contributed by atoms with Crippen LogP contribution < -0.4 is 5.32 Å². The lowest BCUT2D eigenvalue weighted by Crippen LogP contribution is -2.36. The van der Waals surface area contributed by atoms with Gasteiger partial charge in [-0.1, -0.05) is 60.7 Å². The molecule has 20 heavy (non-hydrogen) atoms. The van der Waals surface area contributed by atoms with Crippen LogP contribution >= 0.6 is 0 Å². The van der Waals surface area contributed by atoms with Crippen molar-refractivity contribution in [2.24, 2.45) is 0 Å². The highest BCUT2D eigenvalue weighted by molar-refractivity contribution is 5.56. The van der Waals surface area contributed by atoms with Gasteiger partial charge in [-0.2, -0.15) is 0 Å². The van der Waals surface area contributed by atoms with Crippen molar-refractivity contribution in [1.29, 1.82) is 0 Å². The molecule has 0 saturated carbocycles. The number of ether oxygens (including phenoxy) is 1. The zero-order chi connectivity index (χ0) is 13.8. The Balaban J connectivity index is 1.94. The molecule has 0 aliphatic carbocycles. The molecule has 1 saturated heterocycles. The second-order valence-corrected chi connectivity index (χ2v) is 4.96. The zero-order valence-electron chi connectivity index (χ0n) is 11.1. The van der Waals surface area contributed by atoms with Gasteiger partial charge < -0.3 is 4.74 Å². The van der Waals surface area contributed by atoms with Gasteiger partial charge in [0.2, 0.25) is 0 Å². The number of aldehydes is 1. The Kier molecular flexibility index (Phi) is 3.90. The van der Waals surface area contributed by atoms with E-state index in [9.17, 15) is 4.79 Å². The van der Waals surface area contributed by atoms with Crippen molar-refractivity contribution in [2.75, 3.05) is 6.61 Å². The van der Waals surface area contributed by atoms with Crippen LogP contribution in [0, 0.1) is 0 Å². The normalized spacial score (nSPS) is 22.1. The Morgan fingerprint density at radius 1 is 1.00 bits per heavy atom. The van der Waals surface area contributed by atoms with Crippen molar-refractivity contribution in [1.82, 2.24) is 5.32 Å². The number of carbonyl (C=O) groups excluding carboxylic acids is 1. The van der Waals surface area contributed by atoms with Crippen LogP contribution in [0.15, 0.2) is 60.7 Å². The third-order valence-electron chi connectivity index (χ3n) is 3.68. The molecule has 2 aromatic carbocycles. The summed E-state index contributed by atoms with van der Waals surface area (Å²) in [5.41, 5.74) is 2.46. The van der Waals surface area contributed by atoms with E-state index in [0.29, 0.717) is 6.61 Å². The topological polar surface area (TPSA) is 38.3 Å². The van der Waals surface area contributed by atoms with Crippen LogP contribution in [0.1, 0.15) is 17.0 Å². The molecule has 0 bridgehead atoms. The second kappa shape index (κ2) is 5.99. The molecule has 102 valence electrons. The van der Waals surface area contributed by atoms with E-state index in [2.05, 4.69) is 29.6 Å². The highest BCUT2D eigenvalue weighted by Gasteiger charge is 2.32. The molecule has 2 aromatic rings. The molecule has 1 N–H and O–H groups in total. The highest BCUT2D eigenvalue weighted by Crippen LogP contribution is 2.30. The summed E-state index contributed by atoms with van der Waals surface area (Å²) in [7, 11) is 0. The predicted molar refractivity (Wildman–Crippen MR) is 77.5 cm³/mol. The minimum Gasteiger partial charge on any atom is -0.355 e. The Hall–Kier alpha value is -1.97. The van der Waals surface area contributed by atoms with Crippen molar-refractivity contribution in [3.63, 3.8) is 0 Å². The minimum absolute atomic E-state index is 0.106. The number of rotatable bonds is 4. The first-order chi connectivity index (χ1) is 9.88. The van der Waals surface area contributed by atoms with Crippen LogP contribution in [0.25, 0.3) is 0 Å². The fourth-order valence-corrected chi connectivity index (χ4v) is 2.76. The Labute approximate surface area is 118 Å². The Bertz CT molecular complexity index is 516. The summed E-state index contributed by atoms with van der Waals surface area (Å²) in [4.78, 5) is 10.9. The molecule has 1 heterocycles. The fourth-order valence-electron chi connectivity index (χ4n) is 2.76. The lowest BCUT2D eigenvalue weighted by Gasteiger charge is -2.24. The summed E-state index contributed by atoms with van der Waals surface area (Å²) in [6.45, 7) is 0.540. The molecule has 0 radical (unpaired) electrons. The average molecular weight is 267 g/mol. The number of nitrogens with one attached hydrogen (secondary N) is 1. The Morgan fingerprint density at radius 3 is 2.00 bits per heavy atom. The molecule has 1 fully saturated rings. The van der Waals surface area contributed by atoms with E-state index in [0.717, 1.165) is 6.29 Å². The molecule has 0 amide bonds. The number of carbonyl (C=O) groups is 1. The molecule has 1 aliphatic heterocycles. The van der Waals surface area contributed by atoms with E-state index in [4.69, 9.17) is 4.74 Å². The van der Waals surface area contributed by atoms with Gasteiger partial charge in [0.05, 0.1) is 6.61 Å². The maximum atomic E-state index is 10.9. The van der Waals surface area contributed by atoms with E-state index in [1.165, 1.54) is 11.1 Å². The maximum absolute atomic E-state index is 10.9. The molecule has 3 rings (SSSR count). The first kappa shape index (κ1) is 13.0. The average Bonchev–Trinajstić information content (AvgIpc) is 2.98. The van der Waals surface area contributed by atoms with Gasteiger partial charge in [-0.05, 0) is 11.1 Å². The van der Waals surface area contributed by atoms with Crippen molar-refractivity contribution in [2.45, 2.75) is 18.2 Å². The largest absolute Gasteiger partial charge is 0.355 e. The molecule has 2 atom stereocenters. The van der Waals surface area contributed by atoms with Crippen molar-refractivity contribution < 1.29 is 9.53 Å². The first-order valence-corrected chi connectivity index (χ1v) is 6.81. The zero-order valence-corrected chi connectivity index (χ0v) is 11.1. The van der Waals surface area contributed by atoms with E-state index < -0.39 is 6.23 Å². The van der Waals surface area contributed by atoms with Gasteiger partial charge in [-0.25, -0.2) is 0 Å². The van der Waals surface area contributed by atoms with Crippen LogP contribution in [0.4, 0.5) is 0 Å². The SMILES string of the molecule is O=CC1N[C@H](C(c2ccccc2)c2ccccc2)CO1. The van der Waals surface area contributed by atoms with Crippen molar-refractivity contribution >= 4 is 6.29 Å². The van der Waals surface area contributed by atoms with Gasteiger partial charge in [-0.15, -0.1) is 0 Å². The van der Waals surface area contributed by atoms with Gasteiger partial charge in [0.25, 0.3) is 0 Å². The molecule has 0 spiro atoms. The van der Waals surface area contributed by atoms with Gasteiger partial charge >= 0.3 is 0 Å². The number of hydrogen-bond donors (Lipinski definition) is 1. The third-order valence-corrected chi connectivity index (χ3v) is 3.68. The lowest BCUT2D eigenvalue weighted by molar-refractivity contribution is -0.116. The summed E-state index contributed by atoms with van der Waals surface area (Å²) in [6.07, 6.45) is 0.322. The van der Waals surface area contributed by atoms with Crippen LogP contribution in [0.2, 0.25) is 0 Å². The van der Waals surface area contributed by atoms with E-state index in [-0.39, 0.29) is 12.0 Å². The van der Waals surface area contributed by atoms with Crippen LogP contribution in [0.3, 0.4) is 0 Å². The minimum atomic E-state index is -0.491. The lowest BCUT2D eigenvalue weighted by atomic mass is 9.85. The van der Waals surface area contributed by atoms with Crippen LogP contribution in [-0.4, -0.2) is 25.2 Å². The molecule has 0 aromatic heterocycles. The van der Waals surface area contributed by atoms with Gasteiger partial charge in [-0.3, -0.25) is 10.1 Å². The quantitative estimate of drug-likeness (QED) is 0.864. The van der Waals surface area contributed by atoms with Gasteiger partial charge in [0.1, 0.15) is 0 Å². The summed E-state index contributed by atoms with van der Waals surface area (Å²) in [5.74, 6) is 0.183. The first-order valence-electron chi connectivity index (χ1n) is 6.81. The smallest absolute Gasteiger partial charge is 0.164 e. The Morgan fingerprint density at radius 2 is 1.55 bits per heavy atom. The molecule has 3 nitrogen and oxygen atoms in total.